The summed E-state index contributed by atoms with van der Waals surface area (Å²) in [4.78, 5) is 14.4. The zero-order valence-corrected chi connectivity index (χ0v) is 11.9. The molecule has 4 heteroatoms. The summed E-state index contributed by atoms with van der Waals surface area (Å²) in [5.41, 5.74) is 1.58. The average molecular weight is 262 g/mol. The first kappa shape index (κ1) is 13.9. The third-order valence-electron chi connectivity index (χ3n) is 2.97. The number of carbonyl (C=O) groups excluding carboxylic acids is 1. The van der Waals surface area contributed by atoms with Gasteiger partial charge in [0.25, 0.3) is 5.91 Å². The van der Waals surface area contributed by atoms with Crippen molar-refractivity contribution in [3.63, 3.8) is 0 Å². The Bertz CT molecular complexity index is 446. The van der Waals surface area contributed by atoms with Crippen LogP contribution < -0.4 is 10.2 Å². The number of rotatable bonds is 2. The van der Waals surface area contributed by atoms with E-state index in [0.717, 1.165) is 32.0 Å². The number of amides is 1. The van der Waals surface area contributed by atoms with Gasteiger partial charge >= 0.3 is 0 Å². The molecule has 0 radical (unpaired) electrons. The first-order valence-electron chi connectivity index (χ1n) is 6.71. The van der Waals surface area contributed by atoms with Gasteiger partial charge in [0.1, 0.15) is 0 Å². The van der Waals surface area contributed by atoms with Crippen molar-refractivity contribution < 1.29 is 9.53 Å². The van der Waals surface area contributed by atoms with Crippen molar-refractivity contribution in [2.24, 2.45) is 0 Å². The summed E-state index contributed by atoms with van der Waals surface area (Å²) in [7, 11) is 0. The standard InChI is InChI=1S/C15H22N2O2/c1-15(2,3)16-14(18)12-5-4-6-13(11-12)17-7-9-19-10-8-17/h4-6,11H,7-10H2,1-3H3,(H,16,18). The number of anilines is 1. The van der Waals surface area contributed by atoms with Crippen molar-refractivity contribution in [2.75, 3.05) is 31.2 Å². The van der Waals surface area contributed by atoms with Crippen LogP contribution in [-0.4, -0.2) is 37.7 Å². The molecule has 0 bridgehead atoms. The fourth-order valence-electron chi connectivity index (χ4n) is 2.08. The highest BCUT2D eigenvalue weighted by Crippen LogP contribution is 2.18. The van der Waals surface area contributed by atoms with Crippen LogP contribution in [0, 0.1) is 0 Å². The predicted octanol–water partition coefficient (Wildman–Crippen LogP) is 2.05. The van der Waals surface area contributed by atoms with Gasteiger partial charge in [-0.1, -0.05) is 6.07 Å². The summed E-state index contributed by atoms with van der Waals surface area (Å²) in [5, 5.41) is 2.98. The highest BCUT2D eigenvalue weighted by molar-refractivity contribution is 5.95. The van der Waals surface area contributed by atoms with Gasteiger partial charge in [-0.2, -0.15) is 0 Å². The van der Waals surface area contributed by atoms with E-state index >= 15 is 0 Å². The Kier molecular flexibility index (Phi) is 4.10. The number of carbonyl (C=O) groups is 1. The van der Waals surface area contributed by atoms with Crippen LogP contribution in [0.1, 0.15) is 31.1 Å². The Labute approximate surface area is 114 Å². The van der Waals surface area contributed by atoms with Gasteiger partial charge in [-0.25, -0.2) is 0 Å². The lowest BCUT2D eigenvalue weighted by atomic mass is 10.1. The van der Waals surface area contributed by atoms with Gasteiger partial charge in [-0.15, -0.1) is 0 Å². The lowest BCUT2D eigenvalue weighted by Crippen LogP contribution is -2.40. The molecule has 4 nitrogen and oxygen atoms in total. The molecule has 0 aliphatic carbocycles. The Balaban J connectivity index is 2.12. The molecule has 1 aromatic rings. The smallest absolute Gasteiger partial charge is 0.251 e. The van der Waals surface area contributed by atoms with Crippen LogP contribution in [0.5, 0.6) is 0 Å². The molecule has 1 aromatic carbocycles. The molecular formula is C15H22N2O2. The van der Waals surface area contributed by atoms with Gasteiger partial charge in [0.15, 0.2) is 0 Å². The number of ether oxygens (including phenoxy) is 1. The molecular weight excluding hydrogens is 240 g/mol. The zero-order chi connectivity index (χ0) is 13.9. The van der Waals surface area contributed by atoms with Gasteiger partial charge in [-0.3, -0.25) is 4.79 Å². The van der Waals surface area contributed by atoms with Gasteiger partial charge in [0.05, 0.1) is 13.2 Å². The molecule has 0 atom stereocenters. The average Bonchev–Trinajstić information content (AvgIpc) is 2.38. The molecule has 1 saturated heterocycles. The molecule has 1 aliphatic rings. The second kappa shape index (κ2) is 5.61. The number of nitrogens with zero attached hydrogens (tertiary/aromatic N) is 1. The summed E-state index contributed by atoms with van der Waals surface area (Å²) < 4.78 is 5.34. The maximum atomic E-state index is 12.1. The van der Waals surface area contributed by atoms with E-state index in [1.54, 1.807) is 0 Å². The molecule has 0 aromatic heterocycles. The van der Waals surface area contributed by atoms with Crippen molar-refractivity contribution >= 4 is 11.6 Å². The van der Waals surface area contributed by atoms with Crippen LogP contribution in [0.4, 0.5) is 5.69 Å². The molecule has 1 fully saturated rings. The molecule has 19 heavy (non-hydrogen) atoms. The van der Waals surface area contributed by atoms with Crippen LogP contribution in [0.25, 0.3) is 0 Å². The maximum Gasteiger partial charge on any atom is 0.251 e. The van der Waals surface area contributed by atoms with Crippen molar-refractivity contribution in [1.29, 1.82) is 0 Å². The Hall–Kier alpha value is -1.55. The molecule has 2 rings (SSSR count). The summed E-state index contributed by atoms with van der Waals surface area (Å²) in [5.74, 6) is -0.0254. The summed E-state index contributed by atoms with van der Waals surface area (Å²) >= 11 is 0. The number of hydrogen-bond acceptors (Lipinski definition) is 3. The predicted molar refractivity (Wildman–Crippen MR) is 76.7 cm³/mol. The summed E-state index contributed by atoms with van der Waals surface area (Å²) in [6.45, 7) is 9.20. The van der Waals surface area contributed by atoms with E-state index in [0.29, 0.717) is 5.56 Å². The number of nitrogens with one attached hydrogen (secondary N) is 1. The topological polar surface area (TPSA) is 41.6 Å². The second-order valence-electron chi connectivity index (χ2n) is 5.85. The lowest BCUT2D eigenvalue weighted by Gasteiger charge is -2.29. The minimum absolute atomic E-state index is 0.0254. The van der Waals surface area contributed by atoms with Crippen molar-refractivity contribution in [3.05, 3.63) is 29.8 Å². The molecule has 0 unspecified atom stereocenters. The Morgan fingerprint density at radius 1 is 1.26 bits per heavy atom. The van der Waals surface area contributed by atoms with E-state index in [4.69, 9.17) is 4.74 Å². The third-order valence-corrected chi connectivity index (χ3v) is 2.97. The van der Waals surface area contributed by atoms with Crippen LogP contribution in [0.3, 0.4) is 0 Å². The molecule has 1 aliphatic heterocycles. The summed E-state index contributed by atoms with van der Waals surface area (Å²) in [6.07, 6.45) is 0. The molecule has 1 N–H and O–H groups in total. The van der Waals surface area contributed by atoms with Crippen molar-refractivity contribution in [2.45, 2.75) is 26.3 Å². The minimum Gasteiger partial charge on any atom is -0.378 e. The van der Waals surface area contributed by atoms with Crippen LogP contribution >= 0.6 is 0 Å². The number of hydrogen-bond donors (Lipinski definition) is 1. The SMILES string of the molecule is CC(C)(C)NC(=O)c1cccc(N2CCOCC2)c1. The first-order valence-corrected chi connectivity index (χ1v) is 6.71. The quantitative estimate of drug-likeness (QED) is 0.887. The first-order chi connectivity index (χ1) is 8.96. The van der Waals surface area contributed by atoms with E-state index in [9.17, 15) is 4.79 Å². The molecule has 1 amide bonds. The van der Waals surface area contributed by atoms with Gasteiger partial charge in [0, 0.05) is 29.9 Å². The highest BCUT2D eigenvalue weighted by Gasteiger charge is 2.17. The zero-order valence-electron chi connectivity index (χ0n) is 11.9. The van der Waals surface area contributed by atoms with E-state index in [1.807, 2.05) is 45.0 Å². The molecule has 0 spiro atoms. The summed E-state index contributed by atoms with van der Waals surface area (Å²) in [6, 6.07) is 7.78. The van der Waals surface area contributed by atoms with Crippen LogP contribution in [-0.2, 0) is 4.74 Å². The largest absolute Gasteiger partial charge is 0.378 e. The van der Waals surface area contributed by atoms with Gasteiger partial charge in [-0.05, 0) is 39.0 Å². The fraction of sp³-hybridized carbons (Fsp3) is 0.533. The Morgan fingerprint density at radius 3 is 2.58 bits per heavy atom. The molecule has 1 heterocycles. The monoisotopic (exact) mass is 262 g/mol. The normalized spacial score (nSPS) is 16.3. The van der Waals surface area contributed by atoms with Crippen molar-refractivity contribution in [1.82, 2.24) is 5.32 Å². The highest BCUT2D eigenvalue weighted by atomic mass is 16.5. The van der Waals surface area contributed by atoms with Crippen LogP contribution in [0.15, 0.2) is 24.3 Å². The fourth-order valence-corrected chi connectivity index (χ4v) is 2.08. The van der Waals surface area contributed by atoms with Crippen LogP contribution in [0.2, 0.25) is 0 Å². The van der Waals surface area contributed by atoms with E-state index in [1.165, 1.54) is 0 Å². The van der Waals surface area contributed by atoms with E-state index in [2.05, 4.69) is 10.2 Å². The van der Waals surface area contributed by atoms with Gasteiger partial charge < -0.3 is 15.0 Å². The number of benzene rings is 1. The number of morpholine rings is 1. The lowest BCUT2D eigenvalue weighted by molar-refractivity contribution is 0.0919. The van der Waals surface area contributed by atoms with Crippen molar-refractivity contribution in [3.8, 4) is 0 Å². The molecule has 0 saturated carbocycles. The third kappa shape index (κ3) is 3.96. The van der Waals surface area contributed by atoms with E-state index < -0.39 is 0 Å². The second-order valence-corrected chi connectivity index (χ2v) is 5.85. The molecule has 104 valence electrons. The minimum atomic E-state index is -0.216. The Morgan fingerprint density at radius 2 is 1.95 bits per heavy atom. The van der Waals surface area contributed by atoms with E-state index in [-0.39, 0.29) is 11.4 Å². The maximum absolute atomic E-state index is 12.1. The van der Waals surface area contributed by atoms with Gasteiger partial charge in [0.2, 0.25) is 0 Å².